The first kappa shape index (κ1) is 21.0. The molecule has 0 aliphatic carbocycles. The summed E-state index contributed by atoms with van der Waals surface area (Å²) < 4.78 is 28.3. The molecule has 0 fully saturated rings. The van der Waals surface area contributed by atoms with E-state index < -0.39 is 15.9 Å². The monoisotopic (exact) mass is 440 g/mol. The SMILES string of the molecule is CC(C)n1nc(C(=O)NCCS(=O)(=O)N2CCc3ccccc32)c2ccccc2c1=O. The van der Waals surface area contributed by atoms with Gasteiger partial charge in [0.05, 0.1) is 22.9 Å². The van der Waals surface area contributed by atoms with E-state index in [-0.39, 0.29) is 29.6 Å². The standard InChI is InChI=1S/C22H24N4O4S/c1-15(2)26-22(28)18-9-5-4-8-17(18)20(24-26)21(27)23-12-14-31(29,30)25-13-11-16-7-3-6-10-19(16)25/h3-10,15H,11-14H2,1-2H3,(H,23,27). The molecule has 162 valence electrons. The average molecular weight is 441 g/mol. The number of nitrogens with one attached hydrogen (secondary N) is 1. The zero-order chi connectivity index (χ0) is 22.2. The van der Waals surface area contributed by atoms with E-state index in [1.54, 1.807) is 30.3 Å². The van der Waals surface area contributed by atoms with Crippen molar-refractivity contribution in [2.24, 2.45) is 0 Å². The Kier molecular flexibility index (Phi) is 5.53. The van der Waals surface area contributed by atoms with Crippen LogP contribution in [0.4, 0.5) is 5.69 Å². The number of nitrogens with zero attached hydrogens (tertiary/aromatic N) is 3. The predicted octanol–water partition coefficient (Wildman–Crippen LogP) is 2.10. The van der Waals surface area contributed by atoms with Crippen molar-refractivity contribution < 1.29 is 13.2 Å². The summed E-state index contributed by atoms with van der Waals surface area (Å²) >= 11 is 0. The Hall–Kier alpha value is -3.20. The van der Waals surface area contributed by atoms with Crippen LogP contribution in [0.15, 0.2) is 53.3 Å². The summed E-state index contributed by atoms with van der Waals surface area (Å²) in [6.07, 6.45) is 0.675. The smallest absolute Gasteiger partial charge is 0.274 e. The van der Waals surface area contributed by atoms with Gasteiger partial charge in [0.25, 0.3) is 11.5 Å². The first-order chi connectivity index (χ1) is 14.8. The van der Waals surface area contributed by atoms with Crippen molar-refractivity contribution in [1.82, 2.24) is 15.1 Å². The highest BCUT2D eigenvalue weighted by molar-refractivity contribution is 7.92. The highest BCUT2D eigenvalue weighted by Gasteiger charge is 2.29. The van der Waals surface area contributed by atoms with Crippen molar-refractivity contribution in [1.29, 1.82) is 0 Å². The maximum Gasteiger partial charge on any atom is 0.274 e. The van der Waals surface area contributed by atoms with Crippen LogP contribution in [0.1, 0.15) is 35.9 Å². The minimum Gasteiger partial charge on any atom is -0.350 e. The molecule has 0 saturated carbocycles. The number of rotatable bonds is 6. The molecule has 1 aliphatic heterocycles. The molecular weight excluding hydrogens is 416 g/mol. The summed E-state index contributed by atoms with van der Waals surface area (Å²) in [5, 5.41) is 7.76. The number of hydrogen-bond acceptors (Lipinski definition) is 5. The second-order valence-corrected chi connectivity index (χ2v) is 9.77. The number of benzene rings is 2. The van der Waals surface area contributed by atoms with E-state index in [2.05, 4.69) is 10.4 Å². The number of anilines is 1. The highest BCUT2D eigenvalue weighted by Crippen LogP contribution is 2.29. The first-order valence-corrected chi connectivity index (χ1v) is 11.8. The molecule has 31 heavy (non-hydrogen) atoms. The van der Waals surface area contributed by atoms with Gasteiger partial charge in [-0.3, -0.25) is 13.9 Å². The summed E-state index contributed by atoms with van der Waals surface area (Å²) in [7, 11) is -3.58. The van der Waals surface area contributed by atoms with Crippen LogP contribution in [0, 0.1) is 0 Å². The number of para-hydroxylation sites is 1. The maximum atomic E-state index is 12.9. The maximum absolute atomic E-state index is 12.9. The van der Waals surface area contributed by atoms with Crippen molar-refractivity contribution in [2.45, 2.75) is 26.3 Å². The lowest BCUT2D eigenvalue weighted by atomic mass is 10.1. The summed E-state index contributed by atoms with van der Waals surface area (Å²) in [5.41, 5.74) is 1.54. The van der Waals surface area contributed by atoms with Crippen LogP contribution in [-0.4, -0.2) is 42.9 Å². The molecule has 0 saturated heterocycles. The van der Waals surface area contributed by atoms with Crippen LogP contribution in [0.25, 0.3) is 10.8 Å². The van der Waals surface area contributed by atoms with Gasteiger partial charge in [0.1, 0.15) is 0 Å². The van der Waals surface area contributed by atoms with Gasteiger partial charge in [0.15, 0.2) is 5.69 Å². The topological polar surface area (TPSA) is 101 Å². The number of amides is 1. The van der Waals surface area contributed by atoms with Crippen molar-refractivity contribution in [3.63, 3.8) is 0 Å². The van der Waals surface area contributed by atoms with E-state index in [9.17, 15) is 18.0 Å². The molecule has 2 aromatic carbocycles. The third-order valence-electron chi connectivity index (χ3n) is 5.36. The van der Waals surface area contributed by atoms with E-state index in [1.165, 1.54) is 8.99 Å². The van der Waals surface area contributed by atoms with E-state index in [0.717, 1.165) is 5.56 Å². The normalized spacial score (nSPS) is 13.6. The van der Waals surface area contributed by atoms with Crippen LogP contribution in [0.5, 0.6) is 0 Å². The zero-order valence-corrected chi connectivity index (χ0v) is 18.2. The lowest BCUT2D eigenvalue weighted by molar-refractivity contribution is 0.0950. The Labute approximate surface area is 180 Å². The summed E-state index contributed by atoms with van der Waals surface area (Å²) in [6, 6.07) is 14.0. The molecule has 0 radical (unpaired) electrons. The summed E-state index contributed by atoms with van der Waals surface area (Å²) in [6.45, 7) is 3.97. The van der Waals surface area contributed by atoms with Crippen LogP contribution < -0.4 is 15.2 Å². The molecule has 0 bridgehead atoms. The quantitative estimate of drug-likeness (QED) is 0.633. The first-order valence-electron chi connectivity index (χ1n) is 10.2. The van der Waals surface area contributed by atoms with Gasteiger partial charge in [-0.05, 0) is 38.0 Å². The average Bonchev–Trinajstić information content (AvgIpc) is 3.19. The second-order valence-electron chi connectivity index (χ2n) is 7.76. The Morgan fingerprint density at radius 3 is 2.52 bits per heavy atom. The van der Waals surface area contributed by atoms with Gasteiger partial charge in [0.2, 0.25) is 10.0 Å². The highest BCUT2D eigenvalue weighted by atomic mass is 32.2. The van der Waals surface area contributed by atoms with Crippen LogP contribution >= 0.6 is 0 Å². The molecule has 1 aromatic heterocycles. The van der Waals surface area contributed by atoms with E-state index >= 15 is 0 Å². The fourth-order valence-corrected chi connectivity index (χ4v) is 5.24. The van der Waals surface area contributed by atoms with Gasteiger partial charge in [-0.15, -0.1) is 0 Å². The van der Waals surface area contributed by atoms with Crippen molar-refractivity contribution in [3.8, 4) is 0 Å². The van der Waals surface area contributed by atoms with Crippen LogP contribution in [-0.2, 0) is 16.4 Å². The van der Waals surface area contributed by atoms with Crippen LogP contribution in [0.2, 0.25) is 0 Å². The van der Waals surface area contributed by atoms with Gasteiger partial charge in [-0.25, -0.2) is 13.1 Å². The third-order valence-corrected chi connectivity index (χ3v) is 7.13. The molecule has 3 aromatic rings. The van der Waals surface area contributed by atoms with E-state index in [0.29, 0.717) is 29.4 Å². The molecular formula is C22H24N4O4S. The van der Waals surface area contributed by atoms with E-state index in [4.69, 9.17) is 0 Å². The lowest BCUT2D eigenvalue weighted by Gasteiger charge is -2.19. The summed E-state index contributed by atoms with van der Waals surface area (Å²) in [4.78, 5) is 25.5. The predicted molar refractivity (Wildman–Crippen MR) is 120 cm³/mol. The van der Waals surface area contributed by atoms with Gasteiger partial charge in [0, 0.05) is 18.5 Å². The number of carbonyl (C=O) groups is 1. The fraction of sp³-hybridized carbons (Fsp3) is 0.318. The molecule has 1 amide bonds. The van der Waals surface area contributed by atoms with Crippen molar-refractivity contribution in [2.75, 3.05) is 23.1 Å². The molecule has 1 N–H and O–H groups in total. The molecule has 2 heterocycles. The zero-order valence-electron chi connectivity index (χ0n) is 17.4. The fourth-order valence-electron chi connectivity index (χ4n) is 3.81. The van der Waals surface area contributed by atoms with E-state index in [1.807, 2.05) is 32.0 Å². The number of fused-ring (bicyclic) bond motifs is 2. The minimum atomic E-state index is -3.58. The third kappa shape index (κ3) is 3.93. The molecule has 0 spiro atoms. The lowest BCUT2D eigenvalue weighted by Crippen LogP contribution is -2.38. The van der Waals surface area contributed by atoms with Gasteiger partial charge >= 0.3 is 0 Å². The number of aromatic nitrogens is 2. The molecule has 4 rings (SSSR count). The molecule has 0 atom stereocenters. The van der Waals surface area contributed by atoms with Crippen molar-refractivity contribution in [3.05, 3.63) is 70.1 Å². The van der Waals surface area contributed by atoms with Gasteiger partial charge in [-0.2, -0.15) is 5.10 Å². The molecule has 0 unspecified atom stereocenters. The Bertz CT molecular complexity index is 1310. The Balaban J connectivity index is 1.53. The molecule has 1 aliphatic rings. The summed E-state index contributed by atoms with van der Waals surface area (Å²) in [5.74, 6) is -0.739. The number of hydrogen-bond donors (Lipinski definition) is 1. The van der Waals surface area contributed by atoms with Crippen LogP contribution in [0.3, 0.4) is 0 Å². The minimum absolute atomic E-state index is 0.0589. The molecule has 9 heteroatoms. The van der Waals surface area contributed by atoms with Crippen molar-refractivity contribution >= 4 is 32.4 Å². The number of carbonyl (C=O) groups excluding carboxylic acids is 1. The Morgan fingerprint density at radius 2 is 1.77 bits per heavy atom. The van der Waals surface area contributed by atoms with Gasteiger partial charge in [-0.1, -0.05) is 36.4 Å². The molecule has 8 nitrogen and oxygen atoms in total. The Morgan fingerprint density at radius 1 is 1.10 bits per heavy atom. The largest absolute Gasteiger partial charge is 0.350 e. The number of sulfonamides is 1. The van der Waals surface area contributed by atoms with Gasteiger partial charge < -0.3 is 5.32 Å². The second kappa shape index (κ2) is 8.14.